The zero-order chi connectivity index (χ0) is 22.4. The van der Waals surface area contributed by atoms with Gasteiger partial charge in [-0.1, -0.05) is 37.7 Å². The minimum Gasteiger partial charge on any atom is -0.369 e. The number of aromatic nitrogens is 3. The lowest BCUT2D eigenvalue weighted by Crippen LogP contribution is -2.30. The third-order valence-electron chi connectivity index (χ3n) is 5.13. The van der Waals surface area contributed by atoms with Gasteiger partial charge in [-0.3, -0.25) is 9.36 Å². The molecule has 0 saturated carbocycles. The second-order valence-electron chi connectivity index (χ2n) is 7.99. The van der Waals surface area contributed by atoms with E-state index in [9.17, 15) is 4.79 Å². The quantitative estimate of drug-likeness (QED) is 0.457. The van der Waals surface area contributed by atoms with E-state index < -0.39 is 0 Å². The Hall–Kier alpha value is -2.80. The van der Waals surface area contributed by atoms with Gasteiger partial charge in [-0.25, -0.2) is 0 Å². The number of benzene rings is 2. The molecule has 0 atom stereocenters. The molecule has 7 heteroatoms. The molecule has 6 nitrogen and oxygen atoms in total. The molecule has 164 valence electrons. The lowest BCUT2D eigenvalue weighted by Gasteiger charge is -2.27. The van der Waals surface area contributed by atoms with Gasteiger partial charge in [0.1, 0.15) is 6.33 Å². The Balaban J connectivity index is 1.59. The largest absolute Gasteiger partial charge is 0.369 e. The van der Waals surface area contributed by atoms with Gasteiger partial charge in [0, 0.05) is 29.6 Å². The predicted octanol–water partition coefficient (Wildman–Crippen LogP) is 5.36. The predicted molar refractivity (Wildman–Crippen MR) is 129 cm³/mol. The van der Waals surface area contributed by atoms with E-state index in [1.807, 2.05) is 28.8 Å². The molecule has 1 heterocycles. The summed E-state index contributed by atoms with van der Waals surface area (Å²) in [5.41, 5.74) is 4.21. The summed E-state index contributed by atoms with van der Waals surface area (Å²) in [5, 5.41) is 11.9. The van der Waals surface area contributed by atoms with Crippen LogP contribution >= 0.6 is 11.8 Å². The van der Waals surface area contributed by atoms with Gasteiger partial charge >= 0.3 is 0 Å². The topological polar surface area (TPSA) is 63.1 Å². The van der Waals surface area contributed by atoms with Crippen LogP contribution in [0.15, 0.2) is 60.0 Å². The Kier molecular flexibility index (Phi) is 7.74. The molecule has 0 unspecified atom stereocenters. The first kappa shape index (κ1) is 22.9. The molecule has 0 radical (unpaired) electrons. The molecule has 3 aromatic rings. The van der Waals surface area contributed by atoms with Crippen LogP contribution in [0.5, 0.6) is 0 Å². The van der Waals surface area contributed by atoms with Crippen LogP contribution < -0.4 is 10.2 Å². The van der Waals surface area contributed by atoms with Crippen molar-refractivity contribution in [3.05, 3.63) is 60.4 Å². The summed E-state index contributed by atoms with van der Waals surface area (Å²) in [4.78, 5) is 14.8. The summed E-state index contributed by atoms with van der Waals surface area (Å²) in [6.07, 6.45) is 1.68. The fourth-order valence-corrected chi connectivity index (χ4v) is 4.16. The summed E-state index contributed by atoms with van der Waals surface area (Å²) in [7, 11) is 0. The van der Waals surface area contributed by atoms with E-state index in [-0.39, 0.29) is 11.7 Å². The number of nitrogens with one attached hydrogen (secondary N) is 1. The first-order valence-corrected chi connectivity index (χ1v) is 11.7. The summed E-state index contributed by atoms with van der Waals surface area (Å²) in [6, 6.07) is 16.8. The summed E-state index contributed by atoms with van der Waals surface area (Å²) < 4.78 is 1.90. The van der Waals surface area contributed by atoms with E-state index in [2.05, 4.69) is 79.3 Å². The van der Waals surface area contributed by atoms with Gasteiger partial charge in [0.25, 0.3) is 0 Å². The number of hydrogen-bond donors (Lipinski definition) is 1. The van der Waals surface area contributed by atoms with Crippen molar-refractivity contribution in [2.45, 2.75) is 51.7 Å². The number of amides is 1. The normalized spacial score (nSPS) is 11.2. The SMILES string of the molecule is CCN(c1ccc(NC(=O)CSc2nncn2-c2ccc(C(C)C)cc2)cc1)C(C)C. The van der Waals surface area contributed by atoms with Gasteiger partial charge in [-0.2, -0.15) is 0 Å². The molecule has 0 spiro atoms. The second-order valence-corrected chi connectivity index (χ2v) is 8.94. The summed E-state index contributed by atoms with van der Waals surface area (Å²) in [6.45, 7) is 11.8. The highest BCUT2D eigenvalue weighted by molar-refractivity contribution is 7.99. The third-order valence-corrected chi connectivity index (χ3v) is 6.08. The minimum atomic E-state index is -0.0707. The van der Waals surface area contributed by atoms with Crippen LogP contribution in [-0.2, 0) is 4.79 Å². The number of rotatable bonds is 9. The molecule has 0 bridgehead atoms. The number of carbonyl (C=O) groups is 1. The van der Waals surface area contributed by atoms with Crippen molar-refractivity contribution in [1.82, 2.24) is 14.8 Å². The zero-order valence-electron chi connectivity index (χ0n) is 18.9. The Labute approximate surface area is 189 Å². The Morgan fingerprint density at radius 1 is 1.06 bits per heavy atom. The zero-order valence-corrected chi connectivity index (χ0v) is 19.7. The Morgan fingerprint density at radius 2 is 1.74 bits per heavy atom. The van der Waals surface area contributed by atoms with Crippen LogP contribution in [0.2, 0.25) is 0 Å². The van der Waals surface area contributed by atoms with Gasteiger partial charge in [0.2, 0.25) is 5.91 Å². The number of nitrogens with zero attached hydrogens (tertiary/aromatic N) is 4. The Morgan fingerprint density at radius 3 is 2.32 bits per heavy atom. The average Bonchev–Trinajstić information content (AvgIpc) is 3.22. The van der Waals surface area contributed by atoms with E-state index in [0.717, 1.165) is 23.6 Å². The molecule has 0 fully saturated rings. The maximum absolute atomic E-state index is 12.5. The summed E-state index contributed by atoms with van der Waals surface area (Å²) in [5.74, 6) is 0.674. The molecule has 3 rings (SSSR count). The number of carbonyl (C=O) groups excluding carboxylic acids is 1. The van der Waals surface area contributed by atoms with Gasteiger partial charge in [0.15, 0.2) is 5.16 Å². The molecule has 1 amide bonds. The van der Waals surface area contributed by atoms with E-state index in [1.165, 1.54) is 17.3 Å². The number of thioether (sulfide) groups is 1. The highest BCUT2D eigenvalue weighted by atomic mass is 32.2. The van der Waals surface area contributed by atoms with Gasteiger partial charge < -0.3 is 10.2 Å². The van der Waals surface area contributed by atoms with Crippen molar-refractivity contribution in [2.24, 2.45) is 0 Å². The van der Waals surface area contributed by atoms with Crippen LogP contribution in [-0.4, -0.2) is 39.0 Å². The van der Waals surface area contributed by atoms with Gasteiger partial charge in [-0.15, -0.1) is 10.2 Å². The smallest absolute Gasteiger partial charge is 0.234 e. The molecule has 31 heavy (non-hydrogen) atoms. The van der Waals surface area contributed by atoms with E-state index in [1.54, 1.807) is 6.33 Å². The van der Waals surface area contributed by atoms with Crippen LogP contribution in [0.4, 0.5) is 11.4 Å². The number of hydrogen-bond acceptors (Lipinski definition) is 5. The lowest BCUT2D eigenvalue weighted by atomic mass is 10.0. The van der Waals surface area contributed by atoms with Crippen molar-refractivity contribution in [3.63, 3.8) is 0 Å². The first-order valence-electron chi connectivity index (χ1n) is 10.7. The van der Waals surface area contributed by atoms with Crippen molar-refractivity contribution >= 4 is 29.0 Å². The molecular weight excluding hydrogens is 406 g/mol. The molecule has 1 N–H and O–H groups in total. The lowest BCUT2D eigenvalue weighted by molar-refractivity contribution is -0.113. The van der Waals surface area contributed by atoms with E-state index >= 15 is 0 Å². The molecule has 0 saturated heterocycles. The molecule has 1 aromatic heterocycles. The maximum Gasteiger partial charge on any atom is 0.234 e. The molecular formula is C24H31N5OS. The van der Waals surface area contributed by atoms with Crippen LogP contribution in [0.25, 0.3) is 5.69 Å². The van der Waals surface area contributed by atoms with Gasteiger partial charge in [-0.05, 0) is 68.7 Å². The summed E-state index contributed by atoms with van der Waals surface area (Å²) >= 11 is 1.37. The van der Waals surface area contributed by atoms with Crippen LogP contribution in [0.3, 0.4) is 0 Å². The van der Waals surface area contributed by atoms with Gasteiger partial charge in [0.05, 0.1) is 5.75 Å². The van der Waals surface area contributed by atoms with Crippen molar-refractivity contribution < 1.29 is 4.79 Å². The molecule has 0 aliphatic rings. The highest BCUT2D eigenvalue weighted by Gasteiger charge is 2.12. The fourth-order valence-electron chi connectivity index (χ4n) is 3.43. The Bertz CT molecular complexity index is 980. The van der Waals surface area contributed by atoms with Crippen molar-refractivity contribution in [3.8, 4) is 5.69 Å². The van der Waals surface area contributed by atoms with E-state index in [4.69, 9.17) is 0 Å². The minimum absolute atomic E-state index is 0.0707. The standard InChI is InChI=1S/C24H31N5OS/c1-6-28(18(4)5)21-13-9-20(10-14-21)26-23(30)15-31-24-27-25-16-29(24)22-11-7-19(8-12-22)17(2)3/h7-14,16-18H,6,15H2,1-5H3,(H,26,30). The first-order chi connectivity index (χ1) is 14.9. The average molecular weight is 438 g/mol. The second kappa shape index (κ2) is 10.5. The molecule has 0 aliphatic carbocycles. The number of anilines is 2. The molecule has 2 aromatic carbocycles. The van der Waals surface area contributed by atoms with Crippen LogP contribution in [0.1, 0.15) is 46.1 Å². The maximum atomic E-state index is 12.5. The van der Waals surface area contributed by atoms with Crippen molar-refractivity contribution in [1.29, 1.82) is 0 Å². The molecule has 0 aliphatic heterocycles. The highest BCUT2D eigenvalue weighted by Crippen LogP contribution is 2.23. The van der Waals surface area contributed by atoms with Crippen molar-refractivity contribution in [2.75, 3.05) is 22.5 Å². The monoisotopic (exact) mass is 437 g/mol. The van der Waals surface area contributed by atoms with E-state index in [0.29, 0.717) is 17.1 Å². The fraction of sp³-hybridized carbons (Fsp3) is 0.375. The van der Waals surface area contributed by atoms with Crippen LogP contribution in [0, 0.1) is 0 Å². The third kappa shape index (κ3) is 5.88.